The molecule has 0 atom stereocenters. The molecule has 0 heterocycles. The Kier molecular flexibility index (Phi) is 6.12. The van der Waals surface area contributed by atoms with Crippen LogP contribution in [0.1, 0.15) is 15.9 Å². The highest BCUT2D eigenvalue weighted by Gasteiger charge is 2.09. The van der Waals surface area contributed by atoms with E-state index in [0.29, 0.717) is 16.8 Å². The first kappa shape index (κ1) is 18.5. The van der Waals surface area contributed by atoms with Crippen LogP contribution < -0.4 is 5.43 Å². The van der Waals surface area contributed by atoms with Crippen LogP contribution in [-0.4, -0.2) is 23.0 Å². The maximum atomic E-state index is 12.4. The van der Waals surface area contributed by atoms with E-state index < -0.39 is 0 Å². The molecule has 2 N–H and O–H groups in total. The fourth-order valence-electron chi connectivity index (χ4n) is 2.50. The minimum Gasteiger partial charge on any atom is -0.411 e. The SMILES string of the molecule is O=C(NN=C(C=NO)c1ccccc1Br)c1ccc(-c2ccccc2)cc1. The number of carbonyl (C=O) groups excluding carboxylic acids is 1. The molecule has 3 aromatic carbocycles. The molecular weight excluding hydrogens is 406 g/mol. The normalized spacial score (nSPS) is 11.5. The second-order valence-corrected chi connectivity index (χ2v) is 6.46. The van der Waals surface area contributed by atoms with E-state index in [2.05, 4.69) is 31.6 Å². The molecule has 0 saturated carbocycles. The van der Waals surface area contributed by atoms with Crippen molar-refractivity contribution < 1.29 is 10.0 Å². The largest absolute Gasteiger partial charge is 0.411 e. The van der Waals surface area contributed by atoms with Crippen LogP contribution >= 0.6 is 15.9 Å². The molecule has 0 bridgehead atoms. The van der Waals surface area contributed by atoms with Crippen molar-refractivity contribution in [2.75, 3.05) is 0 Å². The van der Waals surface area contributed by atoms with Crippen LogP contribution in [0.2, 0.25) is 0 Å². The Morgan fingerprint density at radius 1 is 0.889 bits per heavy atom. The second kappa shape index (κ2) is 8.91. The molecule has 1 amide bonds. The van der Waals surface area contributed by atoms with Crippen LogP contribution in [0, 0.1) is 0 Å². The first-order chi connectivity index (χ1) is 13.2. The molecule has 0 unspecified atom stereocenters. The summed E-state index contributed by atoms with van der Waals surface area (Å²) in [5.41, 5.74) is 6.09. The van der Waals surface area contributed by atoms with Crippen LogP contribution in [0.4, 0.5) is 0 Å². The van der Waals surface area contributed by atoms with Crippen molar-refractivity contribution >= 4 is 33.8 Å². The van der Waals surface area contributed by atoms with Gasteiger partial charge in [-0.15, -0.1) is 0 Å². The van der Waals surface area contributed by atoms with Gasteiger partial charge in [-0.05, 0) is 29.3 Å². The molecule has 0 aliphatic carbocycles. The molecule has 27 heavy (non-hydrogen) atoms. The molecule has 0 spiro atoms. The fourth-order valence-corrected chi connectivity index (χ4v) is 2.99. The molecule has 0 fully saturated rings. The van der Waals surface area contributed by atoms with Gasteiger partial charge in [0.2, 0.25) is 0 Å². The van der Waals surface area contributed by atoms with E-state index in [1.807, 2.05) is 60.7 Å². The van der Waals surface area contributed by atoms with Gasteiger partial charge in [0.1, 0.15) is 5.71 Å². The van der Waals surface area contributed by atoms with Crippen molar-refractivity contribution in [2.24, 2.45) is 10.3 Å². The molecule has 0 saturated heterocycles. The molecule has 3 rings (SSSR count). The van der Waals surface area contributed by atoms with Gasteiger partial charge in [0.15, 0.2) is 0 Å². The zero-order valence-electron chi connectivity index (χ0n) is 14.2. The molecule has 0 aliphatic rings. The molecule has 6 heteroatoms. The number of rotatable bonds is 5. The van der Waals surface area contributed by atoms with Gasteiger partial charge in [0.05, 0.1) is 6.21 Å². The van der Waals surface area contributed by atoms with Crippen LogP contribution in [-0.2, 0) is 0 Å². The van der Waals surface area contributed by atoms with Crippen LogP contribution in [0.15, 0.2) is 93.6 Å². The number of hydrogen-bond acceptors (Lipinski definition) is 4. The standard InChI is InChI=1S/C21H16BrN3O2/c22-19-9-5-4-8-18(19)20(14-23-27)24-25-21(26)17-12-10-16(11-13-17)15-6-2-1-3-7-15/h1-14,27H,(H,25,26). The molecule has 0 aromatic heterocycles. The van der Waals surface area contributed by atoms with Crippen LogP contribution in [0.25, 0.3) is 11.1 Å². The van der Waals surface area contributed by atoms with Gasteiger partial charge in [0, 0.05) is 15.6 Å². The monoisotopic (exact) mass is 421 g/mol. The van der Waals surface area contributed by atoms with Crippen LogP contribution in [0.3, 0.4) is 0 Å². The van der Waals surface area contributed by atoms with Gasteiger partial charge in [-0.3, -0.25) is 4.79 Å². The summed E-state index contributed by atoms with van der Waals surface area (Å²) in [5, 5.41) is 16.0. The highest BCUT2D eigenvalue weighted by molar-refractivity contribution is 9.10. The van der Waals surface area contributed by atoms with Crippen molar-refractivity contribution in [3.63, 3.8) is 0 Å². The second-order valence-electron chi connectivity index (χ2n) is 5.61. The number of benzene rings is 3. The van der Waals surface area contributed by atoms with Gasteiger partial charge in [-0.25, -0.2) is 5.43 Å². The quantitative estimate of drug-likeness (QED) is 0.355. The average Bonchev–Trinajstić information content (AvgIpc) is 2.72. The zero-order chi connectivity index (χ0) is 19.1. The lowest BCUT2D eigenvalue weighted by Gasteiger charge is -2.06. The third kappa shape index (κ3) is 4.68. The molecule has 0 aliphatic heterocycles. The average molecular weight is 422 g/mol. The van der Waals surface area contributed by atoms with E-state index in [1.54, 1.807) is 18.2 Å². The topological polar surface area (TPSA) is 74.0 Å². The number of halogens is 1. The molecule has 134 valence electrons. The summed E-state index contributed by atoms with van der Waals surface area (Å²) >= 11 is 3.41. The summed E-state index contributed by atoms with van der Waals surface area (Å²) in [6.45, 7) is 0. The number of hydrogen-bond donors (Lipinski definition) is 2. The lowest BCUT2D eigenvalue weighted by molar-refractivity contribution is 0.0955. The Morgan fingerprint density at radius 2 is 1.52 bits per heavy atom. The van der Waals surface area contributed by atoms with E-state index in [4.69, 9.17) is 5.21 Å². The first-order valence-electron chi connectivity index (χ1n) is 8.15. The molecule has 0 radical (unpaired) electrons. The molecule has 3 aromatic rings. The number of nitrogens with one attached hydrogen (secondary N) is 1. The third-order valence-corrected chi connectivity index (χ3v) is 4.55. The lowest BCUT2D eigenvalue weighted by atomic mass is 10.0. The Balaban J connectivity index is 1.78. The lowest BCUT2D eigenvalue weighted by Crippen LogP contribution is -2.20. The van der Waals surface area contributed by atoms with E-state index in [1.165, 1.54) is 6.21 Å². The minimum absolute atomic E-state index is 0.319. The summed E-state index contributed by atoms with van der Waals surface area (Å²) in [6.07, 6.45) is 1.17. The summed E-state index contributed by atoms with van der Waals surface area (Å²) in [4.78, 5) is 12.4. The summed E-state index contributed by atoms with van der Waals surface area (Å²) in [5.74, 6) is -0.356. The first-order valence-corrected chi connectivity index (χ1v) is 8.94. The molecule has 5 nitrogen and oxygen atoms in total. The Morgan fingerprint density at radius 3 is 2.19 bits per heavy atom. The number of carbonyl (C=O) groups is 1. The third-order valence-electron chi connectivity index (χ3n) is 3.86. The minimum atomic E-state index is -0.356. The van der Waals surface area contributed by atoms with E-state index in [-0.39, 0.29) is 5.91 Å². The molecular formula is C21H16BrN3O2. The van der Waals surface area contributed by atoms with Crippen molar-refractivity contribution in [2.45, 2.75) is 0 Å². The van der Waals surface area contributed by atoms with Crippen LogP contribution in [0.5, 0.6) is 0 Å². The number of nitrogens with zero attached hydrogens (tertiary/aromatic N) is 2. The highest BCUT2D eigenvalue weighted by Crippen LogP contribution is 2.19. The van der Waals surface area contributed by atoms with Crippen molar-refractivity contribution in [1.82, 2.24) is 5.43 Å². The summed E-state index contributed by atoms with van der Waals surface area (Å²) in [6, 6.07) is 24.5. The predicted molar refractivity (Wildman–Crippen MR) is 110 cm³/mol. The fraction of sp³-hybridized carbons (Fsp3) is 0. The van der Waals surface area contributed by atoms with Crippen molar-refractivity contribution in [1.29, 1.82) is 0 Å². The summed E-state index contributed by atoms with van der Waals surface area (Å²) in [7, 11) is 0. The Hall–Kier alpha value is -3.25. The number of hydrazone groups is 1. The van der Waals surface area contributed by atoms with Crippen molar-refractivity contribution in [3.05, 3.63) is 94.5 Å². The summed E-state index contributed by atoms with van der Waals surface area (Å²) < 4.78 is 0.769. The smallest absolute Gasteiger partial charge is 0.271 e. The maximum absolute atomic E-state index is 12.4. The predicted octanol–water partition coefficient (Wildman–Crippen LogP) is 4.71. The Bertz CT molecular complexity index is 984. The van der Waals surface area contributed by atoms with Gasteiger partial charge in [-0.1, -0.05) is 81.7 Å². The van der Waals surface area contributed by atoms with E-state index >= 15 is 0 Å². The Labute approximate surface area is 165 Å². The number of oxime groups is 1. The van der Waals surface area contributed by atoms with Gasteiger partial charge < -0.3 is 5.21 Å². The van der Waals surface area contributed by atoms with E-state index in [9.17, 15) is 4.79 Å². The van der Waals surface area contributed by atoms with E-state index in [0.717, 1.165) is 15.6 Å². The van der Waals surface area contributed by atoms with Crippen molar-refractivity contribution in [3.8, 4) is 11.1 Å². The highest BCUT2D eigenvalue weighted by atomic mass is 79.9. The number of amides is 1. The maximum Gasteiger partial charge on any atom is 0.271 e. The van der Waals surface area contributed by atoms with Gasteiger partial charge in [0.25, 0.3) is 5.91 Å². The van der Waals surface area contributed by atoms with Gasteiger partial charge >= 0.3 is 0 Å². The van der Waals surface area contributed by atoms with Gasteiger partial charge in [-0.2, -0.15) is 5.10 Å². The zero-order valence-corrected chi connectivity index (χ0v) is 15.8.